The van der Waals surface area contributed by atoms with Gasteiger partial charge < -0.3 is 4.74 Å². The Morgan fingerprint density at radius 2 is 1.50 bits per heavy atom. The maximum Gasteiger partial charge on any atom is 0.219 e. The van der Waals surface area contributed by atoms with Crippen LogP contribution in [0.15, 0.2) is 85.5 Å². The van der Waals surface area contributed by atoms with E-state index < -0.39 is 0 Å². The minimum Gasteiger partial charge on any atom is -0.439 e. The zero-order valence-corrected chi connectivity index (χ0v) is 19.1. The van der Waals surface area contributed by atoms with Gasteiger partial charge in [0, 0.05) is 47.0 Å². The third kappa shape index (κ3) is 2.60. The van der Waals surface area contributed by atoms with Gasteiger partial charge in [0.2, 0.25) is 5.88 Å². The summed E-state index contributed by atoms with van der Waals surface area (Å²) < 4.78 is 10.2. The normalized spacial score (nSPS) is 12.0. The zero-order valence-electron chi connectivity index (χ0n) is 19.1. The lowest BCUT2D eigenvalue weighted by atomic mass is 10.1. The average molecular weight is 467 g/mol. The summed E-state index contributed by atoms with van der Waals surface area (Å²) in [6.07, 6.45) is 7.36. The Bertz CT molecular complexity index is 2160. The van der Waals surface area contributed by atoms with Gasteiger partial charge in [-0.1, -0.05) is 0 Å². The van der Waals surface area contributed by atoms with Gasteiger partial charge in [-0.25, -0.2) is 14.5 Å². The SMILES string of the molecule is Cc1cc2c3nc(Oc4ccc5c(c4)c4nccn4c4cccnc54)ccc3c3ncccc3n2n1. The van der Waals surface area contributed by atoms with Gasteiger partial charge in [-0.05, 0) is 61.5 Å². The molecule has 0 atom stereocenters. The lowest BCUT2D eigenvalue weighted by Gasteiger charge is -2.11. The van der Waals surface area contributed by atoms with E-state index in [1.54, 1.807) is 12.4 Å². The topological polar surface area (TPSA) is 82.5 Å². The van der Waals surface area contributed by atoms with E-state index in [1.165, 1.54) is 0 Å². The van der Waals surface area contributed by atoms with Gasteiger partial charge in [0.25, 0.3) is 0 Å². The summed E-state index contributed by atoms with van der Waals surface area (Å²) in [6, 6.07) is 19.8. The van der Waals surface area contributed by atoms with Crippen molar-refractivity contribution >= 4 is 54.9 Å². The molecule has 170 valence electrons. The number of imidazole rings is 1. The van der Waals surface area contributed by atoms with Gasteiger partial charge in [-0.3, -0.25) is 14.4 Å². The standard InChI is InChI=1S/C28H17N7O/c1-16-14-23-27-19(26-22(35(23)33-16)5-3-11-30-26)8-9-24(32-27)36-17-6-7-18-20(15-17)28-31-12-13-34(28)21-4-2-10-29-25(18)21/h2-15H,1H3. The highest BCUT2D eigenvalue weighted by atomic mass is 16.5. The monoisotopic (exact) mass is 467 g/mol. The average Bonchev–Trinajstić information content (AvgIpc) is 3.56. The number of hydrogen-bond acceptors (Lipinski definition) is 6. The van der Waals surface area contributed by atoms with E-state index in [-0.39, 0.29) is 0 Å². The molecule has 0 saturated heterocycles. The van der Waals surface area contributed by atoms with Crippen LogP contribution >= 0.6 is 0 Å². The van der Waals surface area contributed by atoms with Crippen LogP contribution in [-0.4, -0.2) is 34.0 Å². The summed E-state index contributed by atoms with van der Waals surface area (Å²) in [4.78, 5) is 18.7. The Kier molecular flexibility index (Phi) is 3.71. The Labute approximate surface area is 203 Å². The van der Waals surface area contributed by atoms with E-state index in [2.05, 4.69) is 30.5 Å². The number of aromatic nitrogens is 7. The molecule has 0 radical (unpaired) electrons. The van der Waals surface area contributed by atoms with E-state index in [0.717, 1.165) is 60.6 Å². The number of pyridine rings is 5. The highest BCUT2D eigenvalue weighted by molar-refractivity contribution is 6.10. The summed E-state index contributed by atoms with van der Waals surface area (Å²) in [7, 11) is 0. The predicted octanol–water partition coefficient (Wildman–Crippen LogP) is 5.88. The number of benzene rings is 1. The van der Waals surface area contributed by atoms with Crippen molar-refractivity contribution in [1.82, 2.24) is 34.0 Å². The minimum atomic E-state index is 0.496. The van der Waals surface area contributed by atoms with E-state index in [1.807, 2.05) is 78.4 Å². The molecule has 0 spiro atoms. The van der Waals surface area contributed by atoms with Crippen LogP contribution in [0.4, 0.5) is 0 Å². The van der Waals surface area contributed by atoms with Crippen LogP contribution in [-0.2, 0) is 0 Å². The van der Waals surface area contributed by atoms with Crippen molar-refractivity contribution in [3.8, 4) is 11.6 Å². The van der Waals surface area contributed by atoms with E-state index in [9.17, 15) is 0 Å². The molecule has 8 rings (SSSR count). The molecule has 36 heavy (non-hydrogen) atoms. The van der Waals surface area contributed by atoms with E-state index in [4.69, 9.17) is 9.72 Å². The van der Waals surface area contributed by atoms with Gasteiger partial charge >= 0.3 is 0 Å². The molecule has 0 aliphatic carbocycles. The summed E-state index contributed by atoms with van der Waals surface area (Å²) in [5.41, 5.74) is 7.23. The second kappa shape index (κ2) is 6.96. The fourth-order valence-electron chi connectivity index (χ4n) is 5.11. The molecule has 7 aromatic heterocycles. The minimum absolute atomic E-state index is 0.496. The molecule has 0 amide bonds. The second-order valence-electron chi connectivity index (χ2n) is 8.80. The van der Waals surface area contributed by atoms with Crippen LogP contribution in [0.1, 0.15) is 5.69 Å². The molecule has 0 aliphatic heterocycles. The van der Waals surface area contributed by atoms with E-state index in [0.29, 0.717) is 11.6 Å². The number of hydrogen-bond donors (Lipinski definition) is 0. The molecule has 0 fully saturated rings. The molecule has 8 nitrogen and oxygen atoms in total. The third-order valence-corrected chi connectivity index (χ3v) is 6.61. The molecule has 1 aromatic carbocycles. The fraction of sp³-hybridized carbons (Fsp3) is 0.0357. The Balaban J connectivity index is 1.32. The molecule has 7 heterocycles. The van der Waals surface area contributed by atoms with E-state index >= 15 is 0 Å². The predicted molar refractivity (Wildman–Crippen MR) is 139 cm³/mol. The summed E-state index contributed by atoms with van der Waals surface area (Å²) in [5, 5.41) is 7.62. The fourth-order valence-corrected chi connectivity index (χ4v) is 5.11. The molecule has 0 bridgehead atoms. The van der Waals surface area contributed by atoms with Crippen molar-refractivity contribution in [2.45, 2.75) is 6.92 Å². The van der Waals surface area contributed by atoms with Crippen molar-refractivity contribution in [1.29, 1.82) is 0 Å². The first kappa shape index (κ1) is 19.2. The maximum atomic E-state index is 6.28. The lowest BCUT2D eigenvalue weighted by molar-refractivity contribution is 0.466. The molecular weight excluding hydrogens is 450 g/mol. The number of aryl methyl sites for hydroxylation is 1. The maximum absolute atomic E-state index is 6.28. The number of fused-ring (bicyclic) bond motifs is 12. The summed E-state index contributed by atoms with van der Waals surface area (Å²) in [6.45, 7) is 1.98. The van der Waals surface area contributed by atoms with Crippen LogP contribution in [0, 0.1) is 6.92 Å². The van der Waals surface area contributed by atoms with Gasteiger partial charge in [0.15, 0.2) is 0 Å². The number of rotatable bonds is 2. The Morgan fingerprint density at radius 3 is 2.39 bits per heavy atom. The van der Waals surface area contributed by atoms with Crippen molar-refractivity contribution in [3.05, 3.63) is 91.1 Å². The van der Waals surface area contributed by atoms with Crippen molar-refractivity contribution < 1.29 is 4.74 Å². The highest BCUT2D eigenvalue weighted by Gasteiger charge is 2.15. The largest absolute Gasteiger partial charge is 0.439 e. The first-order chi connectivity index (χ1) is 17.7. The number of ether oxygens (including phenoxy) is 1. The van der Waals surface area contributed by atoms with Crippen molar-refractivity contribution in [2.75, 3.05) is 0 Å². The molecule has 8 aromatic rings. The molecule has 0 N–H and O–H groups in total. The quantitative estimate of drug-likeness (QED) is 0.295. The van der Waals surface area contributed by atoms with Gasteiger partial charge in [-0.2, -0.15) is 5.10 Å². The second-order valence-corrected chi connectivity index (χ2v) is 8.80. The molecule has 8 heteroatoms. The smallest absolute Gasteiger partial charge is 0.219 e. The summed E-state index contributed by atoms with van der Waals surface area (Å²) >= 11 is 0. The van der Waals surface area contributed by atoms with Crippen molar-refractivity contribution in [2.24, 2.45) is 0 Å². The summed E-state index contributed by atoms with van der Waals surface area (Å²) in [5.74, 6) is 1.17. The molecule has 0 aliphatic rings. The van der Waals surface area contributed by atoms with Gasteiger partial charge in [0.05, 0.1) is 33.3 Å². The zero-order chi connectivity index (χ0) is 23.8. The van der Waals surface area contributed by atoms with Crippen LogP contribution in [0.25, 0.3) is 54.9 Å². The Hall–Kier alpha value is -5.11. The van der Waals surface area contributed by atoms with Gasteiger partial charge in [0.1, 0.15) is 16.9 Å². The lowest BCUT2D eigenvalue weighted by Crippen LogP contribution is -1.97. The molecular formula is C28H17N7O. The van der Waals surface area contributed by atoms with Crippen molar-refractivity contribution in [3.63, 3.8) is 0 Å². The molecule has 0 unspecified atom stereocenters. The van der Waals surface area contributed by atoms with Crippen LogP contribution in [0.3, 0.4) is 0 Å². The third-order valence-electron chi connectivity index (χ3n) is 6.61. The van der Waals surface area contributed by atoms with Gasteiger partial charge in [-0.15, -0.1) is 0 Å². The number of nitrogens with zero attached hydrogens (tertiary/aromatic N) is 7. The van der Waals surface area contributed by atoms with Crippen LogP contribution in [0.5, 0.6) is 11.6 Å². The first-order valence-corrected chi connectivity index (χ1v) is 11.6. The first-order valence-electron chi connectivity index (χ1n) is 11.6. The highest BCUT2D eigenvalue weighted by Crippen LogP contribution is 2.33. The van der Waals surface area contributed by atoms with Crippen LogP contribution < -0.4 is 4.74 Å². The Morgan fingerprint density at radius 1 is 0.694 bits per heavy atom. The molecule has 0 saturated carbocycles. The van der Waals surface area contributed by atoms with Crippen LogP contribution in [0.2, 0.25) is 0 Å².